The minimum Gasteiger partial charge on any atom is -0.496 e. The van der Waals surface area contributed by atoms with Crippen LogP contribution in [0.1, 0.15) is 5.56 Å². The van der Waals surface area contributed by atoms with Crippen LogP contribution in [0.3, 0.4) is 0 Å². The number of halogens is 1. The molecule has 0 bridgehead atoms. The molecule has 3 nitrogen and oxygen atoms in total. The lowest BCUT2D eigenvalue weighted by Crippen LogP contribution is -2.32. The van der Waals surface area contributed by atoms with Crippen LogP contribution in [-0.2, 0) is 11.2 Å². The lowest BCUT2D eigenvalue weighted by molar-refractivity contribution is 0.169. The van der Waals surface area contributed by atoms with Crippen molar-refractivity contribution < 1.29 is 9.47 Å². The Morgan fingerprint density at radius 2 is 2.12 bits per heavy atom. The fraction of sp³-hybridized carbons (Fsp3) is 0.500. The molecule has 16 heavy (non-hydrogen) atoms. The highest BCUT2D eigenvalue weighted by Gasteiger charge is 2.11. The summed E-state index contributed by atoms with van der Waals surface area (Å²) in [7, 11) is 5.28. The van der Waals surface area contributed by atoms with Crippen molar-refractivity contribution >= 4 is 11.6 Å². The van der Waals surface area contributed by atoms with Crippen LogP contribution in [0.5, 0.6) is 5.75 Å². The monoisotopic (exact) mass is 243 g/mol. The second-order valence-electron chi connectivity index (χ2n) is 3.60. The topological polar surface area (TPSA) is 30.5 Å². The van der Waals surface area contributed by atoms with Gasteiger partial charge in [-0.1, -0.05) is 11.6 Å². The molecule has 1 rings (SSSR count). The zero-order valence-corrected chi connectivity index (χ0v) is 10.7. The minimum atomic E-state index is 0.261. The van der Waals surface area contributed by atoms with Crippen LogP contribution in [-0.4, -0.2) is 33.9 Å². The highest BCUT2D eigenvalue weighted by molar-refractivity contribution is 6.30. The molecule has 1 aromatic rings. The average molecular weight is 244 g/mol. The van der Waals surface area contributed by atoms with E-state index in [1.54, 1.807) is 14.2 Å². The van der Waals surface area contributed by atoms with Gasteiger partial charge in [-0.15, -0.1) is 0 Å². The summed E-state index contributed by atoms with van der Waals surface area (Å²) in [5, 5.41) is 3.92. The molecule has 0 saturated heterocycles. The molecule has 0 fully saturated rings. The van der Waals surface area contributed by atoms with E-state index >= 15 is 0 Å². The van der Waals surface area contributed by atoms with Crippen LogP contribution in [0.25, 0.3) is 0 Å². The molecular weight excluding hydrogens is 226 g/mol. The van der Waals surface area contributed by atoms with E-state index in [0.29, 0.717) is 6.61 Å². The van der Waals surface area contributed by atoms with Crippen molar-refractivity contribution in [2.45, 2.75) is 12.5 Å². The summed E-state index contributed by atoms with van der Waals surface area (Å²) in [6, 6.07) is 5.91. The van der Waals surface area contributed by atoms with Crippen LogP contribution in [0.15, 0.2) is 18.2 Å². The van der Waals surface area contributed by atoms with E-state index in [2.05, 4.69) is 5.32 Å². The van der Waals surface area contributed by atoms with E-state index in [4.69, 9.17) is 21.1 Å². The molecule has 90 valence electrons. The third-order valence-electron chi connectivity index (χ3n) is 2.48. The number of methoxy groups -OCH3 is 2. The lowest BCUT2D eigenvalue weighted by Gasteiger charge is -2.17. The molecule has 0 spiro atoms. The Kier molecular flexibility index (Phi) is 5.60. The van der Waals surface area contributed by atoms with Gasteiger partial charge >= 0.3 is 0 Å². The number of ether oxygens (including phenoxy) is 2. The first-order valence-electron chi connectivity index (χ1n) is 5.20. The van der Waals surface area contributed by atoms with Crippen LogP contribution in [0.4, 0.5) is 0 Å². The van der Waals surface area contributed by atoms with Gasteiger partial charge in [0.25, 0.3) is 0 Å². The van der Waals surface area contributed by atoms with Crippen molar-refractivity contribution in [3.05, 3.63) is 28.8 Å². The SMILES string of the molecule is CNC(COC)Cc1cc(Cl)ccc1OC. The van der Waals surface area contributed by atoms with E-state index < -0.39 is 0 Å². The molecule has 0 amide bonds. The lowest BCUT2D eigenvalue weighted by atomic mass is 10.1. The minimum absolute atomic E-state index is 0.261. The van der Waals surface area contributed by atoms with Crippen LogP contribution >= 0.6 is 11.6 Å². The summed E-state index contributed by atoms with van der Waals surface area (Å²) in [5.41, 5.74) is 1.09. The smallest absolute Gasteiger partial charge is 0.122 e. The summed E-state index contributed by atoms with van der Waals surface area (Å²) in [6.45, 7) is 0.659. The fourth-order valence-corrected chi connectivity index (χ4v) is 1.81. The maximum absolute atomic E-state index is 5.97. The maximum Gasteiger partial charge on any atom is 0.122 e. The van der Waals surface area contributed by atoms with Gasteiger partial charge in [0.1, 0.15) is 5.75 Å². The molecule has 1 atom stereocenters. The number of benzene rings is 1. The van der Waals surface area contributed by atoms with Gasteiger partial charge in [-0.25, -0.2) is 0 Å². The predicted octanol–water partition coefficient (Wildman–Crippen LogP) is 2.13. The Labute approximate surface area is 102 Å². The molecule has 0 heterocycles. The Morgan fingerprint density at radius 1 is 1.38 bits per heavy atom. The van der Waals surface area contributed by atoms with Gasteiger partial charge in [0.2, 0.25) is 0 Å². The van der Waals surface area contributed by atoms with Crippen molar-refractivity contribution in [1.29, 1.82) is 0 Å². The van der Waals surface area contributed by atoms with Crippen LogP contribution in [0.2, 0.25) is 5.02 Å². The first kappa shape index (κ1) is 13.3. The fourth-order valence-electron chi connectivity index (χ4n) is 1.62. The summed E-state index contributed by atoms with van der Waals surface area (Å²) in [4.78, 5) is 0. The molecule has 0 radical (unpaired) electrons. The summed E-state index contributed by atoms with van der Waals surface area (Å²) in [5.74, 6) is 0.862. The van der Waals surface area contributed by atoms with Crippen molar-refractivity contribution in [2.75, 3.05) is 27.9 Å². The second kappa shape index (κ2) is 6.74. The van der Waals surface area contributed by atoms with Crippen molar-refractivity contribution in [3.63, 3.8) is 0 Å². The van der Waals surface area contributed by atoms with E-state index in [0.717, 1.165) is 22.8 Å². The third-order valence-corrected chi connectivity index (χ3v) is 2.72. The van der Waals surface area contributed by atoms with Crippen LogP contribution in [0, 0.1) is 0 Å². The van der Waals surface area contributed by atoms with Crippen LogP contribution < -0.4 is 10.1 Å². The molecule has 0 aliphatic rings. The normalized spacial score (nSPS) is 12.5. The number of likely N-dealkylation sites (N-methyl/N-ethyl adjacent to an activating group) is 1. The third kappa shape index (κ3) is 3.67. The van der Waals surface area contributed by atoms with Gasteiger partial charge in [0, 0.05) is 18.2 Å². The largest absolute Gasteiger partial charge is 0.496 e. The van der Waals surface area contributed by atoms with Gasteiger partial charge in [0.05, 0.1) is 13.7 Å². The highest BCUT2D eigenvalue weighted by atomic mass is 35.5. The Balaban J connectivity index is 2.80. The quantitative estimate of drug-likeness (QED) is 0.830. The molecular formula is C12H18ClNO2. The summed E-state index contributed by atoms with van der Waals surface area (Å²) < 4.78 is 10.4. The van der Waals surface area contributed by atoms with E-state index in [9.17, 15) is 0 Å². The summed E-state index contributed by atoms with van der Waals surface area (Å²) in [6.07, 6.45) is 0.827. The Bertz CT molecular complexity index is 331. The van der Waals surface area contributed by atoms with E-state index in [1.165, 1.54) is 0 Å². The van der Waals surface area contributed by atoms with Gasteiger partial charge in [0.15, 0.2) is 0 Å². The Hall–Kier alpha value is -0.770. The van der Waals surface area contributed by atoms with Gasteiger partial charge in [-0.2, -0.15) is 0 Å². The zero-order chi connectivity index (χ0) is 12.0. The molecule has 1 aromatic carbocycles. The molecule has 0 aliphatic carbocycles. The van der Waals surface area contributed by atoms with E-state index in [1.807, 2.05) is 25.2 Å². The first-order chi connectivity index (χ1) is 7.71. The molecule has 0 saturated carbocycles. The van der Waals surface area contributed by atoms with Gasteiger partial charge in [-0.3, -0.25) is 0 Å². The standard InChI is InChI=1S/C12H18ClNO2/c1-14-11(8-15-2)7-9-6-10(13)4-5-12(9)16-3/h4-6,11,14H,7-8H2,1-3H3. The summed E-state index contributed by atoms with van der Waals surface area (Å²) >= 11 is 5.97. The predicted molar refractivity (Wildman–Crippen MR) is 66.4 cm³/mol. The number of hydrogen-bond donors (Lipinski definition) is 1. The highest BCUT2D eigenvalue weighted by Crippen LogP contribution is 2.23. The van der Waals surface area contributed by atoms with Crippen molar-refractivity contribution in [1.82, 2.24) is 5.32 Å². The second-order valence-corrected chi connectivity index (χ2v) is 4.04. The molecule has 0 aliphatic heterocycles. The molecule has 0 aromatic heterocycles. The molecule has 1 unspecified atom stereocenters. The van der Waals surface area contributed by atoms with Gasteiger partial charge in [-0.05, 0) is 37.2 Å². The number of nitrogens with one attached hydrogen (secondary N) is 1. The number of rotatable bonds is 6. The Morgan fingerprint density at radius 3 is 2.69 bits per heavy atom. The number of hydrogen-bond acceptors (Lipinski definition) is 3. The molecule has 4 heteroatoms. The van der Waals surface area contributed by atoms with E-state index in [-0.39, 0.29) is 6.04 Å². The van der Waals surface area contributed by atoms with Gasteiger partial charge < -0.3 is 14.8 Å². The molecule has 1 N–H and O–H groups in total. The first-order valence-corrected chi connectivity index (χ1v) is 5.57. The average Bonchev–Trinajstić information content (AvgIpc) is 2.29. The van der Waals surface area contributed by atoms with Crippen molar-refractivity contribution in [3.8, 4) is 5.75 Å². The zero-order valence-electron chi connectivity index (χ0n) is 9.92. The van der Waals surface area contributed by atoms with Crippen molar-refractivity contribution in [2.24, 2.45) is 0 Å². The maximum atomic E-state index is 5.97.